The molecule has 3 aromatic carbocycles. The first-order valence-corrected chi connectivity index (χ1v) is 13.0. The summed E-state index contributed by atoms with van der Waals surface area (Å²) in [5.41, 5.74) is 1.44. The standard InChI is InChI=1S/C29H27FN6O4/c30-20-15-19(16-21(17-20)35-11-13-39-14-12-35)28(38)33-24-5-6-25(23-4-2-1-3-22(23)24)40-27-7-8-32-29(34-27)36-10-9-31-26(37)18-36/h1-8,15-17H,9-14,18H2,(H,31,37)(H,33,38). The molecule has 2 aliphatic rings. The molecule has 0 spiro atoms. The second-order valence-electron chi connectivity index (χ2n) is 9.48. The summed E-state index contributed by atoms with van der Waals surface area (Å²) in [6, 6.07) is 17.0. The highest BCUT2D eigenvalue weighted by Gasteiger charge is 2.20. The van der Waals surface area contributed by atoms with Crippen LogP contribution in [0.1, 0.15) is 10.4 Å². The van der Waals surface area contributed by atoms with Crippen molar-refractivity contribution in [3.63, 3.8) is 0 Å². The minimum absolute atomic E-state index is 0.0830. The molecule has 0 bridgehead atoms. The van der Waals surface area contributed by atoms with E-state index in [4.69, 9.17) is 9.47 Å². The number of morpholine rings is 1. The van der Waals surface area contributed by atoms with Crippen molar-refractivity contribution in [1.82, 2.24) is 15.3 Å². The van der Waals surface area contributed by atoms with Gasteiger partial charge < -0.3 is 29.9 Å². The summed E-state index contributed by atoms with van der Waals surface area (Å²) in [7, 11) is 0. The van der Waals surface area contributed by atoms with Crippen LogP contribution in [0, 0.1) is 5.82 Å². The molecule has 4 aromatic rings. The predicted molar refractivity (Wildman–Crippen MR) is 149 cm³/mol. The lowest BCUT2D eigenvalue weighted by Gasteiger charge is -2.29. The summed E-state index contributed by atoms with van der Waals surface area (Å²) in [4.78, 5) is 37.6. The molecule has 2 saturated heterocycles. The summed E-state index contributed by atoms with van der Waals surface area (Å²) in [6.45, 7) is 3.70. The number of aromatic nitrogens is 2. The SMILES string of the molecule is O=C1CN(c2nccc(Oc3ccc(NC(=O)c4cc(F)cc(N5CCOCC5)c4)c4ccccc34)n2)CCN1. The van der Waals surface area contributed by atoms with Crippen molar-refractivity contribution in [2.75, 3.05) is 61.1 Å². The molecular formula is C29H27FN6O4. The molecule has 2 amide bonds. The minimum atomic E-state index is -0.475. The molecule has 40 heavy (non-hydrogen) atoms. The Hall–Kier alpha value is -4.77. The lowest BCUT2D eigenvalue weighted by atomic mass is 10.1. The van der Waals surface area contributed by atoms with E-state index in [0.717, 1.165) is 10.8 Å². The molecule has 204 valence electrons. The molecule has 11 heteroatoms. The van der Waals surface area contributed by atoms with Crippen molar-refractivity contribution >= 4 is 39.9 Å². The summed E-state index contributed by atoms with van der Waals surface area (Å²) in [5, 5.41) is 7.22. The molecule has 0 unspecified atom stereocenters. The van der Waals surface area contributed by atoms with E-state index < -0.39 is 11.7 Å². The van der Waals surface area contributed by atoms with Crippen molar-refractivity contribution < 1.29 is 23.5 Å². The van der Waals surface area contributed by atoms with Crippen molar-refractivity contribution in [2.45, 2.75) is 0 Å². The summed E-state index contributed by atoms with van der Waals surface area (Å²) >= 11 is 0. The molecule has 1 aromatic heterocycles. The first-order chi connectivity index (χ1) is 19.5. The van der Waals surface area contributed by atoms with Gasteiger partial charge in [-0.2, -0.15) is 4.98 Å². The molecule has 2 fully saturated rings. The second kappa shape index (κ2) is 11.1. The Balaban J connectivity index is 1.24. The second-order valence-corrected chi connectivity index (χ2v) is 9.48. The van der Waals surface area contributed by atoms with E-state index in [9.17, 15) is 14.0 Å². The zero-order chi connectivity index (χ0) is 27.5. The van der Waals surface area contributed by atoms with E-state index in [1.807, 2.05) is 29.2 Å². The van der Waals surface area contributed by atoms with Crippen LogP contribution in [0.25, 0.3) is 10.8 Å². The highest BCUT2D eigenvalue weighted by molar-refractivity contribution is 6.10. The molecule has 0 aliphatic carbocycles. The van der Waals surface area contributed by atoms with Gasteiger partial charge in [-0.25, -0.2) is 9.37 Å². The topological polar surface area (TPSA) is 109 Å². The Morgan fingerprint density at radius 2 is 1.82 bits per heavy atom. The fourth-order valence-electron chi connectivity index (χ4n) is 4.84. The maximum Gasteiger partial charge on any atom is 0.255 e. The minimum Gasteiger partial charge on any atom is -0.438 e. The number of carbonyl (C=O) groups excluding carboxylic acids is 2. The Morgan fingerprint density at radius 1 is 1.00 bits per heavy atom. The highest BCUT2D eigenvalue weighted by atomic mass is 19.1. The third-order valence-corrected chi connectivity index (χ3v) is 6.81. The number of nitrogens with zero attached hydrogens (tertiary/aromatic N) is 4. The maximum absolute atomic E-state index is 14.5. The van der Waals surface area contributed by atoms with Gasteiger partial charge in [0.25, 0.3) is 5.91 Å². The van der Waals surface area contributed by atoms with Gasteiger partial charge in [-0.05, 0) is 30.3 Å². The number of nitrogens with one attached hydrogen (secondary N) is 2. The quantitative estimate of drug-likeness (QED) is 0.381. The molecule has 3 heterocycles. The number of benzene rings is 3. The van der Waals surface area contributed by atoms with Crippen LogP contribution in [-0.4, -0.2) is 67.7 Å². The van der Waals surface area contributed by atoms with Crippen molar-refractivity contribution in [3.05, 3.63) is 78.2 Å². The number of rotatable bonds is 6. The third-order valence-electron chi connectivity index (χ3n) is 6.81. The van der Waals surface area contributed by atoms with Crippen molar-refractivity contribution in [1.29, 1.82) is 0 Å². The van der Waals surface area contributed by atoms with Crippen LogP contribution in [0.5, 0.6) is 11.6 Å². The summed E-state index contributed by atoms with van der Waals surface area (Å²) < 4.78 is 26.0. The predicted octanol–water partition coefficient (Wildman–Crippen LogP) is 3.59. The van der Waals surface area contributed by atoms with Gasteiger partial charge in [0, 0.05) is 66.2 Å². The number of carbonyl (C=O) groups is 2. The number of ether oxygens (including phenoxy) is 2. The van der Waals surface area contributed by atoms with E-state index in [0.29, 0.717) is 68.3 Å². The molecule has 0 radical (unpaired) electrons. The van der Waals surface area contributed by atoms with Crippen molar-refractivity contribution in [2.24, 2.45) is 0 Å². The Morgan fingerprint density at radius 3 is 2.65 bits per heavy atom. The van der Waals surface area contributed by atoms with Gasteiger partial charge in [-0.3, -0.25) is 9.59 Å². The lowest BCUT2D eigenvalue weighted by Crippen LogP contribution is -2.48. The van der Waals surface area contributed by atoms with Crippen LogP contribution >= 0.6 is 0 Å². The number of piperazine rings is 1. The average Bonchev–Trinajstić information content (AvgIpc) is 2.98. The van der Waals surface area contributed by atoms with Gasteiger partial charge in [-0.15, -0.1) is 0 Å². The number of amides is 2. The Kier molecular flexibility index (Phi) is 7.11. The zero-order valence-electron chi connectivity index (χ0n) is 21.6. The zero-order valence-corrected chi connectivity index (χ0v) is 21.6. The largest absolute Gasteiger partial charge is 0.438 e. The van der Waals surface area contributed by atoms with Gasteiger partial charge in [0.05, 0.1) is 19.8 Å². The van der Waals surface area contributed by atoms with E-state index in [1.165, 1.54) is 12.1 Å². The van der Waals surface area contributed by atoms with Crippen LogP contribution in [-0.2, 0) is 9.53 Å². The number of hydrogen-bond acceptors (Lipinski definition) is 8. The van der Waals surface area contributed by atoms with Gasteiger partial charge in [0.15, 0.2) is 0 Å². The van der Waals surface area contributed by atoms with E-state index in [-0.39, 0.29) is 18.0 Å². The summed E-state index contributed by atoms with van der Waals surface area (Å²) in [5.74, 6) is 0.298. The lowest BCUT2D eigenvalue weighted by molar-refractivity contribution is -0.120. The molecule has 0 saturated carbocycles. The van der Waals surface area contributed by atoms with Gasteiger partial charge in [0.2, 0.25) is 17.7 Å². The molecule has 2 aliphatic heterocycles. The summed E-state index contributed by atoms with van der Waals surface area (Å²) in [6.07, 6.45) is 1.59. The first kappa shape index (κ1) is 25.5. The van der Waals surface area contributed by atoms with Crippen LogP contribution in [0.15, 0.2) is 66.9 Å². The third kappa shape index (κ3) is 5.50. The number of anilines is 3. The smallest absolute Gasteiger partial charge is 0.255 e. The number of halogens is 1. The number of fused-ring (bicyclic) bond motifs is 1. The first-order valence-electron chi connectivity index (χ1n) is 13.0. The fraction of sp³-hybridized carbons (Fsp3) is 0.241. The number of hydrogen-bond donors (Lipinski definition) is 2. The van der Waals surface area contributed by atoms with Crippen LogP contribution in [0.4, 0.5) is 21.7 Å². The highest BCUT2D eigenvalue weighted by Crippen LogP contribution is 2.34. The Bertz CT molecular complexity index is 1580. The van der Waals surface area contributed by atoms with E-state index in [2.05, 4.69) is 20.6 Å². The maximum atomic E-state index is 14.5. The van der Waals surface area contributed by atoms with Crippen LogP contribution < -0.4 is 25.2 Å². The van der Waals surface area contributed by atoms with Gasteiger partial charge in [-0.1, -0.05) is 24.3 Å². The van der Waals surface area contributed by atoms with Crippen LogP contribution in [0.2, 0.25) is 0 Å². The molecule has 2 N–H and O–H groups in total. The molecule has 0 atom stereocenters. The molecular weight excluding hydrogens is 515 g/mol. The fourth-order valence-corrected chi connectivity index (χ4v) is 4.84. The van der Waals surface area contributed by atoms with E-state index in [1.54, 1.807) is 35.4 Å². The van der Waals surface area contributed by atoms with Gasteiger partial charge in [0.1, 0.15) is 11.6 Å². The monoisotopic (exact) mass is 542 g/mol. The van der Waals surface area contributed by atoms with Gasteiger partial charge >= 0.3 is 0 Å². The molecule has 10 nitrogen and oxygen atoms in total. The van der Waals surface area contributed by atoms with Crippen LogP contribution in [0.3, 0.4) is 0 Å². The van der Waals surface area contributed by atoms with E-state index >= 15 is 0 Å². The Labute approximate surface area is 229 Å². The molecule has 6 rings (SSSR count). The van der Waals surface area contributed by atoms with Crippen molar-refractivity contribution in [3.8, 4) is 11.6 Å². The average molecular weight is 543 g/mol. The normalized spacial score (nSPS) is 15.6.